The van der Waals surface area contributed by atoms with Gasteiger partial charge in [-0.15, -0.1) is 0 Å². The molecule has 1 aliphatic heterocycles. The summed E-state index contributed by atoms with van der Waals surface area (Å²) in [5, 5.41) is 0. The van der Waals surface area contributed by atoms with E-state index in [1.807, 2.05) is 6.92 Å². The van der Waals surface area contributed by atoms with Gasteiger partial charge in [-0.2, -0.15) is 0 Å². The van der Waals surface area contributed by atoms with E-state index >= 15 is 0 Å². The number of piperidine rings is 1. The molecule has 0 radical (unpaired) electrons. The van der Waals surface area contributed by atoms with Crippen molar-refractivity contribution in [1.82, 2.24) is 4.90 Å². The van der Waals surface area contributed by atoms with Gasteiger partial charge < -0.3 is 11.5 Å². The predicted molar refractivity (Wildman–Crippen MR) is 52.0 cm³/mol. The number of hydrogen-bond acceptors (Lipinski definition) is 3. The quantitative estimate of drug-likeness (QED) is 0.611. The molecule has 1 aliphatic rings. The van der Waals surface area contributed by atoms with Crippen LogP contribution in [-0.4, -0.2) is 36.0 Å². The maximum Gasteiger partial charge on any atom is 0.234 e. The van der Waals surface area contributed by atoms with E-state index in [4.69, 9.17) is 11.5 Å². The summed E-state index contributed by atoms with van der Waals surface area (Å²) in [5.41, 5.74) is 11.1. The maximum atomic E-state index is 10.9. The number of carbonyl (C=O) groups excluding carboxylic acids is 1. The van der Waals surface area contributed by atoms with Gasteiger partial charge in [0, 0.05) is 19.1 Å². The Balaban J connectivity index is 2.50. The van der Waals surface area contributed by atoms with Crippen molar-refractivity contribution in [2.24, 2.45) is 17.4 Å². The van der Waals surface area contributed by atoms with Crippen molar-refractivity contribution in [2.45, 2.75) is 32.4 Å². The number of amides is 1. The van der Waals surface area contributed by atoms with Crippen LogP contribution in [0.25, 0.3) is 0 Å². The third-order valence-electron chi connectivity index (χ3n) is 2.96. The van der Waals surface area contributed by atoms with Crippen LogP contribution in [0.5, 0.6) is 0 Å². The lowest BCUT2D eigenvalue weighted by atomic mass is 9.94. The Hall–Kier alpha value is -0.610. The fourth-order valence-corrected chi connectivity index (χ4v) is 1.73. The second-order valence-electron chi connectivity index (χ2n) is 4.00. The molecule has 0 aromatic rings. The molecule has 0 saturated carbocycles. The zero-order valence-electron chi connectivity index (χ0n) is 8.36. The maximum absolute atomic E-state index is 10.9. The second-order valence-corrected chi connectivity index (χ2v) is 4.00. The smallest absolute Gasteiger partial charge is 0.234 e. The summed E-state index contributed by atoms with van der Waals surface area (Å²) in [6, 6.07) is 0.117. The molecule has 76 valence electrons. The summed E-state index contributed by atoms with van der Waals surface area (Å²) in [6.07, 6.45) is 0.957. The fourth-order valence-electron chi connectivity index (χ4n) is 1.73. The van der Waals surface area contributed by atoms with Crippen LogP contribution in [0.3, 0.4) is 0 Å². The first kappa shape index (κ1) is 10.5. The van der Waals surface area contributed by atoms with Crippen molar-refractivity contribution >= 4 is 5.91 Å². The van der Waals surface area contributed by atoms with E-state index in [2.05, 4.69) is 11.8 Å². The minimum Gasteiger partial charge on any atom is -0.368 e. The topological polar surface area (TPSA) is 72.3 Å². The van der Waals surface area contributed by atoms with Gasteiger partial charge in [-0.3, -0.25) is 9.69 Å². The second kappa shape index (κ2) is 4.07. The Morgan fingerprint density at radius 2 is 2.23 bits per heavy atom. The molecule has 1 saturated heterocycles. The number of nitrogens with two attached hydrogens (primary N) is 2. The normalized spacial score (nSPS) is 32.8. The van der Waals surface area contributed by atoms with Crippen molar-refractivity contribution in [2.75, 3.05) is 13.1 Å². The van der Waals surface area contributed by atoms with Crippen molar-refractivity contribution < 1.29 is 4.79 Å². The highest BCUT2D eigenvalue weighted by Crippen LogP contribution is 2.16. The fraction of sp³-hybridized carbons (Fsp3) is 0.889. The molecule has 4 nitrogen and oxygen atoms in total. The van der Waals surface area contributed by atoms with Gasteiger partial charge in [-0.25, -0.2) is 0 Å². The summed E-state index contributed by atoms with van der Waals surface area (Å²) in [7, 11) is 0. The number of nitrogens with zero attached hydrogens (tertiary/aromatic N) is 1. The summed E-state index contributed by atoms with van der Waals surface area (Å²) >= 11 is 0. The summed E-state index contributed by atoms with van der Waals surface area (Å²) in [4.78, 5) is 13.0. The van der Waals surface area contributed by atoms with Crippen LogP contribution in [0.2, 0.25) is 0 Å². The molecule has 0 aromatic heterocycles. The standard InChI is InChI=1S/C9H19N3O/c1-6-5-12(4-3-8(6)10)7(2)9(11)13/h6-8H,3-5,10H2,1-2H3,(H2,11,13). The molecular formula is C9H19N3O. The Labute approximate surface area is 79.3 Å². The molecule has 0 spiro atoms. The van der Waals surface area contributed by atoms with Crippen LogP contribution in [0, 0.1) is 5.92 Å². The number of primary amides is 1. The summed E-state index contributed by atoms with van der Waals surface area (Å²) < 4.78 is 0. The number of likely N-dealkylation sites (tertiary alicyclic amines) is 1. The van der Waals surface area contributed by atoms with Gasteiger partial charge >= 0.3 is 0 Å². The van der Waals surface area contributed by atoms with E-state index in [1.165, 1.54) is 0 Å². The molecule has 13 heavy (non-hydrogen) atoms. The van der Waals surface area contributed by atoms with Crippen LogP contribution in [0.4, 0.5) is 0 Å². The van der Waals surface area contributed by atoms with E-state index in [0.717, 1.165) is 19.5 Å². The Morgan fingerprint density at radius 1 is 1.62 bits per heavy atom. The van der Waals surface area contributed by atoms with E-state index in [0.29, 0.717) is 5.92 Å². The highest BCUT2D eigenvalue weighted by Gasteiger charge is 2.27. The largest absolute Gasteiger partial charge is 0.368 e. The lowest BCUT2D eigenvalue weighted by Crippen LogP contribution is -2.52. The average molecular weight is 185 g/mol. The molecule has 1 rings (SSSR count). The van der Waals surface area contributed by atoms with Gasteiger partial charge in [0.15, 0.2) is 0 Å². The van der Waals surface area contributed by atoms with E-state index in [9.17, 15) is 4.79 Å². The van der Waals surface area contributed by atoms with Crippen molar-refractivity contribution in [3.8, 4) is 0 Å². The molecule has 4 heteroatoms. The van der Waals surface area contributed by atoms with Gasteiger partial charge in [0.25, 0.3) is 0 Å². The Bertz CT molecular complexity index is 195. The van der Waals surface area contributed by atoms with Gasteiger partial charge in [-0.05, 0) is 19.3 Å². The third-order valence-corrected chi connectivity index (χ3v) is 2.96. The first-order chi connectivity index (χ1) is 6.02. The molecule has 4 N–H and O–H groups in total. The average Bonchev–Trinajstić information content (AvgIpc) is 2.08. The molecule has 3 atom stereocenters. The molecule has 0 aromatic carbocycles. The predicted octanol–water partition coefficient (Wildman–Crippen LogP) is -0.471. The van der Waals surface area contributed by atoms with Gasteiger partial charge in [0.1, 0.15) is 0 Å². The first-order valence-electron chi connectivity index (χ1n) is 4.81. The van der Waals surface area contributed by atoms with E-state index < -0.39 is 0 Å². The van der Waals surface area contributed by atoms with Gasteiger partial charge in [0.05, 0.1) is 6.04 Å². The lowest BCUT2D eigenvalue weighted by Gasteiger charge is -2.37. The Morgan fingerprint density at radius 3 is 2.69 bits per heavy atom. The van der Waals surface area contributed by atoms with Crippen molar-refractivity contribution in [3.05, 3.63) is 0 Å². The molecule has 3 unspecified atom stereocenters. The van der Waals surface area contributed by atoms with Gasteiger partial charge in [0.2, 0.25) is 5.91 Å². The molecule has 1 amide bonds. The zero-order valence-corrected chi connectivity index (χ0v) is 8.36. The number of rotatable bonds is 2. The third kappa shape index (κ3) is 2.42. The SMILES string of the molecule is CC1CN(C(C)C(N)=O)CCC1N. The number of carbonyl (C=O) groups is 1. The monoisotopic (exact) mass is 185 g/mol. The molecule has 1 heterocycles. The summed E-state index contributed by atoms with van der Waals surface area (Å²) in [5.74, 6) is 0.207. The summed E-state index contributed by atoms with van der Waals surface area (Å²) in [6.45, 7) is 5.73. The highest BCUT2D eigenvalue weighted by atomic mass is 16.1. The minimum absolute atomic E-state index is 0.157. The van der Waals surface area contributed by atoms with Crippen molar-refractivity contribution in [3.63, 3.8) is 0 Å². The van der Waals surface area contributed by atoms with Crippen LogP contribution >= 0.6 is 0 Å². The molecule has 0 bridgehead atoms. The molecule has 0 aliphatic carbocycles. The minimum atomic E-state index is -0.248. The molecule has 1 fully saturated rings. The van der Waals surface area contributed by atoms with Crippen LogP contribution in [0.1, 0.15) is 20.3 Å². The van der Waals surface area contributed by atoms with Crippen LogP contribution in [0.15, 0.2) is 0 Å². The lowest BCUT2D eigenvalue weighted by molar-refractivity contribution is -0.123. The molecular weight excluding hydrogens is 166 g/mol. The van der Waals surface area contributed by atoms with E-state index in [-0.39, 0.29) is 18.0 Å². The van der Waals surface area contributed by atoms with Crippen LogP contribution in [-0.2, 0) is 4.79 Å². The van der Waals surface area contributed by atoms with Gasteiger partial charge in [-0.1, -0.05) is 6.92 Å². The highest BCUT2D eigenvalue weighted by molar-refractivity contribution is 5.79. The first-order valence-corrected chi connectivity index (χ1v) is 4.81. The Kier molecular flexibility index (Phi) is 3.27. The number of hydrogen-bond donors (Lipinski definition) is 2. The van der Waals surface area contributed by atoms with Crippen LogP contribution < -0.4 is 11.5 Å². The van der Waals surface area contributed by atoms with Crippen molar-refractivity contribution in [1.29, 1.82) is 0 Å². The zero-order chi connectivity index (χ0) is 10.0. The van der Waals surface area contributed by atoms with E-state index in [1.54, 1.807) is 0 Å².